The zero-order valence-corrected chi connectivity index (χ0v) is 10.9. The Balaban J connectivity index is 3.08. The fourth-order valence-corrected chi connectivity index (χ4v) is 1.88. The van der Waals surface area contributed by atoms with Gasteiger partial charge in [0.1, 0.15) is 5.82 Å². The summed E-state index contributed by atoms with van der Waals surface area (Å²) in [6.07, 6.45) is -3.54. The predicted molar refractivity (Wildman–Crippen MR) is 67.3 cm³/mol. The number of hydrogen-bond donors (Lipinski definition) is 1. The summed E-state index contributed by atoms with van der Waals surface area (Å²) >= 11 is 0. The number of rotatable bonds is 5. The van der Waals surface area contributed by atoms with Crippen molar-refractivity contribution in [1.29, 1.82) is 0 Å². The summed E-state index contributed by atoms with van der Waals surface area (Å²) < 4.78 is 51.9. The van der Waals surface area contributed by atoms with E-state index >= 15 is 0 Å². The first-order valence-electron chi connectivity index (χ1n) is 5.94. The van der Waals surface area contributed by atoms with Crippen LogP contribution in [-0.2, 0) is 6.18 Å². The molecule has 0 fully saturated rings. The Hall–Kier alpha value is -1.36. The Labute approximate surface area is 110 Å². The maximum absolute atomic E-state index is 13.9. The van der Waals surface area contributed by atoms with Crippen LogP contribution in [0.1, 0.15) is 36.9 Å². The topological polar surface area (TPSA) is 12.0 Å². The maximum atomic E-state index is 13.9. The van der Waals surface area contributed by atoms with Crippen LogP contribution in [0, 0.1) is 5.82 Å². The SMILES string of the molecule is C=C(C)CCC(NC)c1cccc(C(F)(F)F)c1F. The molecule has 0 aromatic heterocycles. The van der Waals surface area contributed by atoms with Crippen LogP contribution in [0.5, 0.6) is 0 Å². The van der Waals surface area contributed by atoms with Gasteiger partial charge < -0.3 is 5.32 Å². The second kappa shape index (κ2) is 6.19. The van der Waals surface area contributed by atoms with Crippen molar-refractivity contribution in [2.75, 3.05) is 7.05 Å². The summed E-state index contributed by atoms with van der Waals surface area (Å²) in [5, 5.41) is 2.84. The van der Waals surface area contributed by atoms with Crippen LogP contribution in [0.15, 0.2) is 30.4 Å². The molecule has 0 bridgehead atoms. The highest BCUT2D eigenvalue weighted by molar-refractivity contribution is 5.30. The van der Waals surface area contributed by atoms with Gasteiger partial charge in [-0.1, -0.05) is 17.7 Å². The highest BCUT2D eigenvalue weighted by Gasteiger charge is 2.35. The molecule has 106 valence electrons. The van der Waals surface area contributed by atoms with E-state index in [4.69, 9.17) is 0 Å². The van der Waals surface area contributed by atoms with Crippen molar-refractivity contribution in [1.82, 2.24) is 5.32 Å². The van der Waals surface area contributed by atoms with Crippen molar-refractivity contribution >= 4 is 0 Å². The van der Waals surface area contributed by atoms with Crippen LogP contribution in [-0.4, -0.2) is 7.05 Å². The molecular weight excluding hydrogens is 258 g/mol. The van der Waals surface area contributed by atoms with Gasteiger partial charge in [-0.15, -0.1) is 6.58 Å². The van der Waals surface area contributed by atoms with Gasteiger partial charge in [0, 0.05) is 11.6 Å². The van der Waals surface area contributed by atoms with Gasteiger partial charge in [-0.25, -0.2) is 4.39 Å². The van der Waals surface area contributed by atoms with Gasteiger partial charge in [-0.05, 0) is 32.9 Å². The largest absolute Gasteiger partial charge is 0.419 e. The minimum Gasteiger partial charge on any atom is -0.313 e. The second-order valence-corrected chi connectivity index (χ2v) is 4.54. The summed E-state index contributed by atoms with van der Waals surface area (Å²) in [7, 11) is 1.60. The average Bonchev–Trinajstić information content (AvgIpc) is 2.29. The van der Waals surface area contributed by atoms with E-state index in [-0.39, 0.29) is 5.56 Å². The molecule has 0 amide bonds. The molecule has 1 nitrogen and oxygen atoms in total. The number of hydrogen-bond acceptors (Lipinski definition) is 1. The first-order chi connectivity index (χ1) is 8.77. The highest BCUT2D eigenvalue weighted by atomic mass is 19.4. The van der Waals surface area contributed by atoms with Crippen LogP contribution in [0.2, 0.25) is 0 Å². The molecule has 19 heavy (non-hydrogen) atoms. The first kappa shape index (κ1) is 15.7. The van der Waals surface area contributed by atoms with Gasteiger partial charge in [0.15, 0.2) is 0 Å². The van der Waals surface area contributed by atoms with Gasteiger partial charge in [0.2, 0.25) is 0 Å². The average molecular weight is 275 g/mol. The zero-order chi connectivity index (χ0) is 14.6. The lowest BCUT2D eigenvalue weighted by molar-refractivity contribution is -0.140. The third-order valence-electron chi connectivity index (χ3n) is 2.92. The van der Waals surface area contributed by atoms with Gasteiger partial charge in [0.05, 0.1) is 5.56 Å². The summed E-state index contributed by atoms with van der Waals surface area (Å²) in [4.78, 5) is 0. The van der Waals surface area contributed by atoms with Gasteiger partial charge >= 0.3 is 6.18 Å². The fourth-order valence-electron chi connectivity index (χ4n) is 1.88. The molecule has 1 aromatic rings. The fraction of sp³-hybridized carbons (Fsp3) is 0.429. The van der Waals surface area contributed by atoms with Crippen LogP contribution < -0.4 is 5.32 Å². The Kier molecular flexibility index (Phi) is 5.11. The number of halogens is 4. The van der Waals surface area contributed by atoms with E-state index in [1.165, 1.54) is 12.1 Å². The molecule has 0 saturated carbocycles. The Morgan fingerprint density at radius 3 is 2.47 bits per heavy atom. The molecule has 1 atom stereocenters. The Morgan fingerprint density at radius 2 is 2.00 bits per heavy atom. The normalized spacial score (nSPS) is 13.4. The van der Waals surface area contributed by atoms with Crippen molar-refractivity contribution in [3.05, 3.63) is 47.3 Å². The van der Waals surface area contributed by atoms with Crippen molar-refractivity contribution in [3.8, 4) is 0 Å². The van der Waals surface area contributed by atoms with Gasteiger partial charge in [-0.3, -0.25) is 0 Å². The summed E-state index contributed by atoms with van der Waals surface area (Å²) in [5.41, 5.74) is -0.271. The third kappa shape index (κ3) is 4.06. The van der Waals surface area contributed by atoms with Crippen LogP contribution >= 0.6 is 0 Å². The lowest BCUT2D eigenvalue weighted by atomic mass is 9.97. The quantitative estimate of drug-likeness (QED) is 0.618. The Morgan fingerprint density at radius 1 is 1.37 bits per heavy atom. The molecule has 0 heterocycles. The Bertz CT molecular complexity index is 451. The number of nitrogens with one attached hydrogen (secondary N) is 1. The molecule has 5 heteroatoms. The molecule has 0 radical (unpaired) electrons. The third-order valence-corrected chi connectivity index (χ3v) is 2.92. The molecule has 0 aliphatic heterocycles. The molecule has 1 N–H and O–H groups in total. The maximum Gasteiger partial charge on any atom is 0.419 e. The van der Waals surface area contributed by atoms with E-state index in [1.807, 2.05) is 6.92 Å². The minimum atomic E-state index is -4.67. The van der Waals surface area contributed by atoms with Gasteiger partial charge in [0.25, 0.3) is 0 Å². The molecule has 0 spiro atoms. The van der Waals surface area contributed by atoms with E-state index in [9.17, 15) is 17.6 Å². The van der Waals surface area contributed by atoms with Gasteiger partial charge in [-0.2, -0.15) is 13.2 Å². The molecule has 0 aliphatic carbocycles. The summed E-state index contributed by atoms with van der Waals surface area (Å²) in [6.45, 7) is 5.56. The predicted octanol–water partition coefficient (Wildman–Crippen LogP) is 4.46. The van der Waals surface area contributed by atoms with E-state index in [0.717, 1.165) is 11.6 Å². The lowest BCUT2D eigenvalue weighted by Gasteiger charge is -2.19. The number of alkyl halides is 3. The monoisotopic (exact) mass is 275 g/mol. The first-order valence-corrected chi connectivity index (χ1v) is 5.94. The van der Waals surface area contributed by atoms with Crippen molar-refractivity contribution < 1.29 is 17.6 Å². The van der Waals surface area contributed by atoms with E-state index in [1.54, 1.807) is 7.05 Å². The molecule has 0 aliphatic rings. The minimum absolute atomic E-state index is 0.0403. The smallest absolute Gasteiger partial charge is 0.313 e. The van der Waals surface area contributed by atoms with E-state index in [2.05, 4.69) is 11.9 Å². The lowest BCUT2D eigenvalue weighted by Crippen LogP contribution is -2.20. The summed E-state index contributed by atoms with van der Waals surface area (Å²) in [5.74, 6) is -1.20. The van der Waals surface area contributed by atoms with E-state index < -0.39 is 23.6 Å². The zero-order valence-electron chi connectivity index (χ0n) is 10.9. The van der Waals surface area contributed by atoms with Crippen molar-refractivity contribution in [2.45, 2.75) is 32.0 Å². The van der Waals surface area contributed by atoms with E-state index in [0.29, 0.717) is 12.8 Å². The number of allylic oxidation sites excluding steroid dienone is 1. The van der Waals surface area contributed by atoms with Crippen molar-refractivity contribution in [3.63, 3.8) is 0 Å². The van der Waals surface area contributed by atoms with Crippen LogP contribution in [0.3, 0.4) is 0 Å². The van der Waals surface area contributed by atoms with Crippen LogP contribution in [0.4, 0.5) is 17.6 Å². The molecule has 1 unspecified atom stereocenters. The van der Waals surface area contributed by atoms with Crippen molar-refractivity contribution in [2.24, 2.45) is 0 Å². The number of benzene rings is 1. The van der Waals surface area contributed by atoms with Crippen LogP contribution in [0.25, 0.3) is 0 Å². The summed E-state index contributed by atoms with van der Waals surface area (Å²) in [6, 6.07) is 2.90. The molecular formula is C14H17F4N. The molecule has 1 aromatic carbocycles. The molecule has 0 saturated heterocycles. The second-order valence-electron chi connectivity index (χ2n) is 4.54. The molecule has 1 rings (SSSR count). The highest BCUT2D eigenvalue weighted by Crippen LogP contribution is 2.34. The standard InChI is InChI=1S/C14H17F4N/c1-9(2)7-8-12(19-3)10-5-4-6-11(13(10)15)14(16,17)18/h4-6,12,19H,1,7-8H2,2-3H3.